The standard InChI is InChI=1S/C14H20ClN3O3/c1-21-10-14(4-6-16-7-5-14)9-17-12-8-11(15)2-3-13(12)18(19)20/h2-3,8,16-17H,4-7,9-10H2,1H3. The third kappa shape index (κ3) is 4.06. The summed E-state index contributed by atoms with van der Waals surface area (Å²) in [7, 11) is 1.69. The van der Waals surface area contributed by atoms with E-state index in [2.05, 4.69) is 10.6 Å². The number of hydrogen-bond acceptors (Lipinski definition) is 5. The zero-order chi connectivity index (χ0) is 15.3. The number of nitrogens with one attached hydrogen (secondary N) is 2. The normalized spacial score (nSPS) is 17.4. The summed E-state index contributed by atoms with van der Waals surface area (Å²) < 4.78 is 5.35. The number of hydrogen-bond donors (Lipinski definition) is 2. The van der Waals surface area contributed by atoms with Crippen molar-refractivity contribution in [1.82, 2.24) is 5.32 Å². The first-order valence-electron chi connectivity index (χ1n) is 6.94. The Morgan fingerprint density at radius 2 is 2.19 bits per heavy atom. The maximum atomic E-state index is 11.1. The summed E-state index contributed by atoms with van der Waals surface area (Å²) in [5.74, 6) is 0. The van der Waals surface area contributed by atoms with Crippen LogP contribution in [0.2, 0.25) is 5.02 Å². The average molecular weight is 314 g/mol. The van der Waals surface area contributed by atoms with Crippen molar-refractivity contribution in [2.75, 3.05) is 38.7 Å². The van der Waals surface area contributed by atoms with Crippen molar-refractivity contribution in [3.05, 3.63) is 33.3 Å². The Hall–Kier alpha value is -1.37. The number of benzene rings is 1. The van der Waals surface area contributed by atoms with Crippen LogP contribution < -0.4 is 10.6 Å². The topological polar surface area (TPSA) is 76.4 Å². The smallest absolute Gasteiger partial charge is 0.292 e. The lowest BCUT2D eigenvalue weighted by molar-refractivity contribution is -0.384. The highest BCUT2D eigenvalue weighted by molar-refractivity contribution is 6.31. The Labute approximate surface area is 129 Å². The molecule has 0 unspecified atom stereocenters. The van der Waals surface area contributed by atoms with E-state index in [1.165, 1.54) is 12.1 Å². The van der Waals surface area contributed by atoms with E-state index in [-0.39, 0.29) is 11.1 Å². The minimum atomic E-state index is -0.399. The van der Waals surface area contributed by atoms with Crippen LogP contribution in [0.3, 0.4) is 0 Å². The predicted octanol–water partition coefficient (Wildman–Crippen LogP) is 2.68. The summed E-state index contributed by atoms with van der Waals surface area (Å²) in [6, 6.07) is 4.55. The van der Waals surface area contributed by atoms with Crippen LogP contribution in [0, 0.1) is 15.5 Å². The van der Waals surface area contributed by atoms with Crippen molar-refractivity contribution in [1.29, 1.82) is 0 Å². The fourth-order valence-electron chi connectivity index (χ4n) is 2.73. The molecule has 1 saturated heterocycles. The molecule has 0 saturated carbocycles. The number of halogens is 1. The lowest BCUT2D eigenvalue weighted by Gasteiger charge is -2.37. The van der Waals surface area contributed by atoms with Crippen molar-refractivity contribution >= 4 is 23.0 Å². The molecule has 0 aromatic heterocycles. The molecule has 2 rings (SSSR count). The van der Waals surface area contributed by atoms with Gasteiger partial charge < -0.3 is 15.4 Å². The van der Waals surface area contributed by atoms with E-state index in [4.69, 9.17) is 16.3 Å². The van der Waals surface area contributed by atoms with Gasteiger partial charge in [-0.1, -0.05) is 11.6 Å². The number of piperidine rings is 1. The second-order valence-corrected chi connectivity index (χ2v) is 5.89. The Morgan fingerprint density at radius 3 is 2.81 bits per heavy atom. The van der Waals surface area contributed by atoms with Gasteiger partial charge in [-0.3, -0.25) is 10.1 Å². The maximum absolute atomic E-state index is 11.1. The van der Waals surface area contributed by atoms with Crippen molar-refractivity contribution in [2.24, 2.45) is 5.41 Å². The third-order valence-electron chi connectivity index (χ3n) is 3.92. The number of methoxy groups -OCH3 is 1. The summed E-state index contributed by atoms with van der Waals surface area (Å²) in [5, 5.41) is 18.1. The fraction of sp³-hybridized carbons (Fsp3) is 0.571. The van der Waals surface area contributed by atoms with Crippen LogP contribution in [0.4, 0.5) is 11.4 Å². The molecule has 116 valence electrons. The van der Waals surface area contributed by atoms with Crippen LogP contribution in [0.1, 0.15) is 12.8 Å². The second-order valence-electron chi connectivity index (χ2n) is 5.46. The average Bonchev–Trinajstić information content (AvgIpc) is 2.46. The van der Waals surface area contributed by atoms with Gasteiger partial charge in [-0.15, -0.1) is 0 Å². The van der Waals surface area contributed by atoms with Crippen molar-refractivity contribution < 1.29 is 9.66 Å². The summed E-state index contributed by atoms with van der Waals surface area (Å²) in [4.78, 5) is 10.7. The SMILES string of the molecule is COCC1(CNc2cc(Cl)ccc2[N+](=O)[O-])CCNCC1. The van der Waals surface area contributed by atoms with Crippen molar-refractivity contribution in [3.63, 3.8) is 0 Å². The first-order valence-corrected chi connectivity index (χ1v) is 7.32. The maximum Gasteiger partial charge on any atom is 0.292 e. The van der Waals surface area contributed by atoms with E-state index in [0.717, 1.165) is 25.9 Å². The monoisotopic (exact) mass is 313 g/mol. The van der Waals surface area contributed by atoms with Crippen LogP contribution in [-0.4, -0.2) is 38.3 Å². The van der Waals surface area contributed by atoms with Crippen LogP contribution in [0.5, 0.6) is 0 Å². The molecule has 0 bridgehead atoms. The first-order chi connectivity index (χ1) is 10.1. The molecule has 0 atom stereocenters. The lowest BCUT2D eigenvalue weighted by atomic mass is 9.79. The summed E-state index contributed by atoms with van der Waals surface area (Å²) in [6.07, 6.45) is 1.95. The second kappa shape index (κ2) is 7.06. The molecule has 1 fully saturated rings. The Bertz CT molecular complexity index is 499. The fourth-order valence-corrected chi connectivity index (χ4v) is 2.90. The van der Waals surface area contributed by atoms with Gasteiger partial charge in [-0.25, -0.2) is 0 Å². The number of nitro groups is 1. The molecular formula is C14H20ClN3O3. The number of anilines is 1. The van der Waals surface area contributed by atoms with Gasteiger partial charge >= 0.3 is 0 Å². The quantitative estimate of drug-likeness (QED) is 0.624. The molecule has 21 heavy (non-hydrogen) atoms. The predicted molar refractivity (Wildman–Crippen MR) is 83.0 cm³/mol. The highest BCUT2D eigenvalue weighted by atomic mass is 35.5. The minimum absolute atomic E-state index is 0.00378. The van der Waals surface area contributed by atoms with E-state index < -0.39 is 4.92 Å². The van der Waals surface area contributed by atoms with Crippen LogP contribution in [0.25, 0.3) is 0 Å². The molecule has 1 aliphatic heterocycles. The summed E-state index contributed by atoms with van der Waals surface area (Å²) >= 11 is 5.94. The summed E-state index contributed by atoms with van der Waals surface area (Å²) in [5.41, 5.74) is 0.498. The van der Waals surface area contributed by atoms with Gasteiger partial charge in [0.05, 0.1) is 11.5 Å². The molecule has 7 heteroatoms. The zero-order valence-corrected chi connectivity index (χ0v) is 12.8. The Balaban J connectivity index is 2.13. The van der Waals surface area contributed by atoms with E-state index in [1.54, 1.807) is 13.2 Å². The zero-order valence-electron chi connectivity index (χ0n) is 12.0. The number of nitro benzene ring substituents is 1. The van der Waals surface area contributed by atoms with Gasteiger partial charge in [0.2, 0.25) is 0 Å². The molecule has 0 radical (unpaired) electrons. The Morgan fingerprint density at radius 1 is 1.48 bits per heavy atom. The van der Waals surface area contributed by atoms with Gasteiger partial charge in [0.15, 0.2) is 0 Å². The minimum Gasteiger partial charge on any atom is -0.384 e. The molecule has 0 amide bonds. The third-order valence-corrected chi connectivity index (χ3v) is 4.16. The molecule has 2 N–H and O–H groups in total. The van der Waals surface area contributed by atoms with Crippen LogP contribution >= 0.6 is 11.6 Å². The van der Waals surface area contributed by atoms with E-state index in [9.17, 15) is 10.1 Å². The summed E-state index contributed by atoms with van der Waals surface area (Å²) in [6.45, 7) is 3.13. The van der Waals surface area contributed by atoms with Crippen molar-refractivity contribution in [2.45, 2.75) is 12.8 Å². The molecule has 1 aromatic carbocycles. The van der Waals surface area contributed by atoms with Crippen LogP contribution in [0.15, 0.2) is 18.2 Å². The highest BCUT2D eigenvalue weighted by Gasteiger charge is 2.32. The van der Waals surface area contributed by atoms with Gasteiger partial charge in [-0.2, -0.15) is 0 Å². The van der Waals surface area contributed by atoms with Gasteiger partial charge in [0.25, 0.3) is 5.69 Å². The largest absolute Gasteiger partial charge is 0.384 e. The van der Waals surface area contributed by atoms with Gasteiger partial charge in [-0.05, 0) is 38.1 Å². The Kier molecular flexibility index (Phi) is 5.39. The van der Waals surface area contributed by atoms with E-state index in [0.29, 0.717) is 23.9 Å². The molecular weight excluding hydrogens is 294 g/mol. The van der Waals surface area contributed by atoms with Crippen LogP contribution in [-0.2, 0) is 4.74 Å². The number of rotatable bonds is 6. The molecule has 0 spiro atoms. The molecule has 0 aliphatic carbocycles. The highest BCUT2D eigenvalue weighted by Crippen LogP contribution is 2.32. The molecule has 1 aromatic rings. The van der Waals surface area contributed by atoms with E-state index in [1.807, 2.05) is 0 Å². The number of ether oxygens (including phenoxy) is 1. The lowest BCUT2D eigenvalue weighted by Crippen LogP contribution is -2.44. The first kappa shape index (κ1) is 16.0. The van der Waals surface area contributed by atoms with E-state index >= 15 is 0 Å². The molecule has 6 nitrogen and oxygen atoms in total. The molecule has 1 aliphatic rings. The molecule has 1 heterocycles. The number of nitrogens with zero attached hydrogens (tertiary/aromatic N) is 1. The van der Waals surface area contributed by atoms with Gasteiger partial charge in [0, 0.05) is 30.2 Å². The van der Waals surface area contributed by atoms with Crippen molar-refractivity contribution in [3.8, 4) is 0 Å². The van der Waals surface area contributed by atoms with Gasteiger partial charge in [0.1, 0.15) is 5.69 Å².